The van der Waals surface area contributed by atoms with Crippen molar-refractivity contribution in [1.29, 1.82) is 0 Å². The maximum atomic E-state index is 11.9. The Morgan fingerprint density at radius 2 is 1.07 bits per heavy atom. The zero-order chi connectivity index (χ0) is 30.6. The largest absolute Gasteiger partial charge is 0.463 e. The summed E-state index contributed by atoms with van der Waals surface area (Å²) in [6.07, 6.45) is 22.7. The van der Waals surface area contributed by atoms with E-state index in [1.165, 1.54) is 31.8 Å². The number of hydrogen-bond acceptors (Lipinski definition) is 8. The van der Waals surface area contributed by atoms with Crippen LogP contribution in [0.5, 0.6) is 0 Å². The van der Waals surface area contributed by atoms with Gasteiger partial charge in [0, 0.05) is 12.8 Å². The third-order valence-corrected chi connectivity index (χ3v) is 6.43. The van der Waals surface area contributed by atoms with Crippen molar-refractivity contribution >= 4 is 11.9 Å². The van der Waals surface area contributed by atoms with Crippen molar-refractivity contribution in [1.82, 2.24) is 0 Å². The Balaban J connectivity index is 3.93. The molecule has 236 valence electrons. The second-order valence-corrected chi connectivity index (χ2v) is 10.4. The van der Waals surface area contributed by atoms with Crippen molar-refractivity contribution in [3.8, 4) is 0 Å². The fourth-order valence-electron chi connectivity index (χ4n) is 3.88. The summed E-state index contributed by atoms with van der Waals surface area (Å²) in [6.45, 7) is 3.81. The molecule has 0 rings (SSSR count). The Labute approximate surface area is 247 Å². The highest BCUT2D eigenvalue weighted by atomic mass is 16.6. The number of carbonyl (C=O) groups excluding carboxylic acids is 2. The summed E-state index contributed by atoms with van der Waals surface area (Å²) in [5.74, 6) is -0.896. The minimum Gasteiger partial charge on any atom is -0.463 e. The van der Waals surface area contributed by atoms with Crippen LogP contribution in [0.3, 0.4) is 0 Å². The highest BCUT2D eigenvalue weighted by Gasteiger charge is 2.15. The van der Waals surface area contributed by atoms with E-state index in [0.29, 0.717) is 12.8 Å². The smallest absolute Gasteiger partial charge is 0.305 e. The maximum absolute atomic E-state index is 11.9. The normalized spacial score (nSPS) is 15.2. The number of aliphatic hydroxyl groups excluding tert-OH is 4. The van der Waals surface area contributed by atoms with E-state index < -0.39 is 30.4 Å². The van der Waals surface area contributed by atoms with Gasteiger partial charge in [0.2, 0.25) is 0 Å². The fraction of sp³-hybridized carbons (Fsp3) is 0.697. The molecule has 0 aliphatic rings. The van der Waals surface area contributed by atoms with Crippen LogP contribution in [0.2, 0.25) is 0 Å². The van der Waals surface area contributed by atoms with Crippen LogP contribution >= 0.6 is 0 Å². The van der Waals surface area contributed by atoms with Crippen LogP contribution in [0.15, 0.2) is 48.6 Å². The minimum atomic E-state index is -1.09. The van der Waals surface area contributed by atoms with Crippen molar-refractivity contribution < 1.29 is 39.5 Å². The number of rotatable bonds is 26. The van der Waals surface area contributed by atoms with E-state index in [9.17, 15) is 30.0 Å². The van der Waals surface area contributed by atoms with Crippen LogP contribution in [0.1, 0.15) is 110 Å². The number of aliphatic hydroxyl groups is 4. The molecule has 0 amide bonds. The van der Waals surface area contributed by atoms with Crippen molar-refractivity contribution in [2.45, 2.75) is 135 Å². The lowest BCUT2D eigenvalue weighted by molar-refractivity contribution is -0.152. The molecule has 0 fully saturated rings. The maximum Gasteiger partial charge on any atom is 0.305 e. The van der Waals surface area contributed by atoms with Gasteiger partial charge in [0.05, 0.1) is 18.3 Å². The van der Waals surface area contributed by atoms with Crippen molar-refractivity contribution in [3.63, 3.8) is 0 Å². The lowest BCUT2D eigenvalue weighted by Crippen LogP contribution is -2.26. The molecule has 8 nitrogen and oxygen atoms in total. The van der Waals surface area contributed by atoms with Gasteiger partial charge in [0.1, 0.15) is 19.3 Å². The van der Waals surface area contributed by atoms with Gasteiger partial charge in [-0.2, -0.15) is 0 Å². The molecule has 0 unspecified atom stereocenters. The van der Waals surface area contributed by atoms with E-state index in [1.807, 2.05) is 0 Å². The highest BCUT2D eigenvalue weighted by Crippen LogP contribution is 2.10. The third-order valence-electron chi connectivity index (χ3n) is 6.43. The average Bonchev–Trinajstić information content (AvgIpc) is 2.95. The molecule has 0 heterocycles. The molecule has 0 saturated carbocycles. The molecular formula is C33H56O8. The molecule has 0 spiro atoms. The first-order chi connectivity index (χ1) is 19.8. The van der Waals surface area contributed by atoms with Gasteiger partial charge in [-0.15, -0.1) is 0 Å². The van der Waals surface area contributed by atoms with Crippen LogP contribution in [-0.4, -0.2) is 70.0 Å². The molecule has 41 heavy (non-hydrogen) atoms. The van der Waals surface area contributed by atoms with E-state index in [1.54, 1.807) is 42.5 Å². The standard InChI is InChI=1S/C33H56O8/c1-3-5-7-8-9-14-18-24-32(38)40-26-29(35)27-41-33(39)25-19-23-31(37)30(36)22-17-13-11-10-12-16-21-28(34)20-15-6-4-2/h10-13,16-17,21-22,28-31,34-37H,3-9,14-15,18-20,23-27H2,1-2H3/b12-10-,13-11+,21-16+,22-17+/t28-,29+,30-,31-/m1/s1. The number of ether oxygens (including phenoxy) is 2. The van der Waals surface area contributed by atoms with Gasteiger partial charge in [-0.1, -0.05) is 120 Å². The van der Waals surface area contributed by atoms with E-state index in [2.05, 4.69) is 13.8 Å². The number of carbonyl (C=O) groups is 2. The first kappa shape index (κ1) is 38.7. The van der Waals surface area contributed by atoms with Crippen molar-refractivity contribution in [3.05, 3.63) is 48.6 Å². The lowest BCUT2D eigenvalue weighted by atomic mass is 10.1. The Kier molecular flexibility index (Phi) is 26.4. The van der Waals surface area contributed by atoms with Crippen LogP contribution in [0.25, 0.3) is 0 Å². The molecule has 0 saturated heterocycles. The quantitative estimate of drug-likeness (QED) is 0.0588. The van der Waals surface area contributed by atoms with E-state index in [0.717, 1.165) is 44.9 Å². The van der Waals surface area contributed by atoms with E-state index in [4.69, 9.17) is 9.47 Å². The topological polar surface area (TPSA) is 134 Å². The molecule has 0 radical (unpaired) electrons. The molecule has 0 aromatic heterocycles. The van der Waals surface area contributed by atoms with Gasteiger partial charge in [0.15, 0.2) is 0 Å². The summed E-state index contributed by atoms with van der Waals surface area (Å²) >= 11 is 0. The predicted molar refractivity (Wildman–Crippen MR) is 163 cm³/mol. The van der Waals surface area contributed by atoms with Gasteiger partial charge in [-0.25, -0.2) is 0 Å². The SMILES string of the molecule is CCCCCCCCCC(=O)OC[C@H](O)COC(=O)CCC[C@@H](O)[C@H](O)/C=C/C=C/C=C\C=C\[C@H](O)CCCCC. The monoisotopic (exact) mass is 580 g/mol. The fourth-order valence-corrected chi connectivity index (χ4v) is 3.88. The predicted octanol–water partition coefficient (Wildman–Crippen LogP) is 5.63. The summed E-state index contributed by atoms with van der Waals surface area (Å²) in [7, 11) is 0. The van der Waals surface area contributed by atoms with Crippen LogP contribution in [-0.2, 0) is 19.1 Å². The molecule has 4 N–H and O–H groups in total. The molecule has 0 aromatic rings. The summed E-state index contributed by atoms with van der Waals surface area (Å²) in [4.78, 5) is 23.7. The van der Waals surface area contributed by atoms with Gasteiger partial charge >= 0.3 is 11.9 Å². The Bertz CT molecular complexity index is 758. The summed E-state index contributed by atoms with van der Waals surface area (Å²) in [6, 6.07) is 0. The summed E-state index contributed by atoms with van der Waals surface area (Å²) in [5.41, 5.74) is 0. The molecule has 0 bridgehead atoms. The molecule has 8 heteroatoms. The minimum absolute atomic E-state index is 0.0315. The number of unbranched alkanes of at least 4 members (excludes halogenated alkanes) is 8. The van der Waals surface area contributed by atoms with Crippen LogP contribution < -0.4 is 0 Å². The van der Waals surface area contributed by atoms with E-state index in [-0.39, 0.29) is 32.0 Å². The average molecular weight is 581 g/mol. The van der Waals surface area contributed by atoms with Gasteiger partial charge in [-0.3, -0.25) is 9.59 Å². The first-order valence-electron chi connectivity index (χ1n) is 15.5. The first-order valence-corrected chi connectivity index (χ1v) is 15.5. The summed E-state index contributed by atoms with van der Waals surface area (Å²) < 4.78 is 10.0. The number of allylic oxidation sites excluding steroid dienone is 6. The zero-order valence-electron chi connectivity index (χ0n) is 25.4. The van der Waals surface area contributed by atoms with Gasteiger partial charge < -0.3 is 29.9 Å². The molecule has 0 aliphatic heterocycles. The molecular weight excluding hydrogens is 524 g/mol. The van der Waals surface area contributed by atoms with Crippen LogP contribution in [0.4, 0.5) is 0 Å². The van der Waals surface area contributed by atoms with E-state index >= 15 is 0 Å². The van der Waals surface area contributed by atoms with Crippen molar-refractivity contribution in [2.24, 2.45) is 0 Å². The molecule has 4 atom stereocenters. The van der Waals surface area contributed by atoms with Crippen LogP contribution in [0, 0.1) is 0 Å². The Morgan fingerprint density at radius 1 is 0.585 bits per heavy atom. The Hall–Kier alpha value is -2.26. The lowest BCUT2D eigenvalue weighted by Gasteiger charge is -2.14. The molecule has 0 aromatic carbocycles. The Morgan fingerprint density at radius 3 is 1.68 bits per heavy atom. The third kappa shape index (κ3) is 26.4. The summed E-state index contributed by atoms with van der Waals surface area (Å²) in [5, 5.41) is 39.8. The number of esters is 2. The van der Waals surface area contributed by atoms with Gasteiger partial charge in [0.25, 0.3) is 0 Å². The van der Waals surface area contributed by atoms with Gasteiger partial charge in [-0.05, 0) is 25.7 Å². The highest BCUT2D eigenvalue weighted by molar-refractivity contribution is 5.69. The number of hydrogen-bond donors (Lipinski definition) is 4. The zero-order valence-corrected chi connectivity index (χ0v) is 25.4. The van der Waals surface area contributed by atoms with Crippen molar-refractivity contribution in [2.75, 3.05) is 13.2 Å². The second kappa shape index (κ2) is 27.9. The second-order valence-electron chi connectivity index (χ2n) is 10.4. The molecule has 0 aliphatic carbocycles.